The Kier molecular flexibility index (Phi) is 4.76. The van der Waals surface area contributed by atoms with Crippen molar-refractivity contribution in [1.29, 1.82) is 0 Å². The van der Waals surface area contributed by atoms with Crippen LogP contribution in [0.2, 0.25) is 10.0 Å². The predicted octanol–water partition coefficient (Wildman–Crippen LogP) is 3.80. The van der Waals surface area contributed by atoms with Crippen LogP contribution in [0.5, 0.6) is 0 Å². The van der Waals surface area contributed by atoms with E-state index in [1.54, 1.807) is 6.07 Å². The molecule has 0 spiro atoms. The molecule has 106 valence electrons. The number of aromatic nitrogens is 1. The molecule has 2 N–H and O–H groups in total. The molecule has 6 heteroatoms. The molecule has 0 radical (unpaired) electrons. The van der Waals surface area contributed by atoms with Gasteiger partial charge in [0.1, 0.15) is 11.6 Å². The van der Waals surface area contributed by atoms with Crippen LogP contribution in [0.1, 0.15) is 26.7 Å². The van der Waals surface area contributed by atoms with E-state index in [0.29, 0.717) is 28.3 Å². The van der Waals surface area contributed by atoms with E-state index in [9.17, 15) is 0 Å². The molecule has 2 heterocycles. The summed E-state index contributed by atoms with van der Waals surface area (Å²) >= 11 is 12.3. The fourth-order valence-electron chi connectivity index (χ4n) is 2.16. The molecule has 1 aliphatic heterocycles. The summed E-state index contributed by atoms with van der Waals surface area (Å²) in [5.74, 6) is 1.30. The zero-order valence-electron chi connectivity index (χ0n) is 11.2. The molecule has 0 amide bonds. The third-order valence-electron chi connectivity index (χ3n) is 3.13. The zero-order valence-corrected chi connectivity index (χ0v) is 12.7. The number of hydrogen-bond acceptors (Lipinski definition) is 4. The minimum atomic E-state index is -0.133. The number of nitrogens with one attached hydrogen (secondary N) is 2. The molecular formula is C13H19Cl2N3O. The van der Waals surface area contributed by atoms with Crippen LogP contribution in [0, 0.1) is 0 Å². The van der Waals surface area contributed by atoms with Gasteiger partial charge in [0.05, 0.1) is 22.2 Å². The molecule has 1 saturated heterocycles. The molecule has 1 fully saturated rings. The van der Waals surface area contributed by atoms with Crippen LogP contribution >= 0.6 is 23.2 Å². The summed E-state index contributed by atoms with van der Waals surface area (Å²) in [6.07, 6.45) is 2.07. The second-order valence-electron chi connectivity index (χ2n) is 5.02. The number of anilines is 2. The van der Waals surface area contributed by atoms with Crippen molar-refractivity contribution < 1.29 is 4.74 Å². The summed E-state index contributed by atoms with van der Waals surface area (Å²) in [6.45, 7) is 6.35. The van der Waals surface area contributed by atoms with E-state index in [0.717, 1.165) is 26.0 Å². The van der Waals surface area contributed by atoms with E-state index in [4.69, 9.17) is 27.9 Å². The molecule has 0 bridgehead atoms. The molecule has 2 rings (SSSR count). The van der Waals surface area contributed by atoms with Crippen molar-refractivity contribution in [2.45, 2.75) is 32.2 Å². The second kappa shape index (κ2) is 6.16. The smallest absolute Gasteiger partial charge is 0.147 e. The molecule has 1 aromatic rings. The number of ether oxygens (including phenoxy) is 1. The summed E-state index contributed by atoms with van der Waals surface area (Å²) in [4.78, 5) is 4.46. The standard InChI is InChI=1S/C13H19Cl2N3O/c1-3-16-11-9(14)7-10(15)12(17-11)18-13(2)5-4-6-19-8-13/h7H,3-6,8H2,1-2H3,(H2,16,17,18). The van der Waals surface area contributed by atoms with Gasteiger partial charge < -0.3 is 15.4 Å². The highest BCUT2D eigenvalue weighted by atomic mass is 35.5. The first-order valence-corrected chi connectivity index (χ1v) is 7.25. The quantitative estimate of drug-likeness (QED) is 0.888. The van der Waals surface area contributed by atoms with E-state index in [2.05, 4.69) is 22.5 Å². The number of pyridine rings is 1. The highest BCUT2D eigenvalue weighted by molar-refractivity contribution is 6.37. The van der Waals surface area contributed by atoms with Crippen molar-refractivity contribution in [2.24, 2.45) is 0 Å². The van der Waals surface area contributed by atoms with E-state index < -0.39 is 0 Å². The maximum absolute atomic E-state index is 6.20. The van der Waals surface area contributed by atoms with Crippen molar-refractivity contribution in [1.82, 2.24) is 4.98 Å². The average molecular weight is 304 g/mol. The Balaban J connectivity index is 2.21. The molecular weight excluding hydrogens is 285 g/mol. The number of nitrogens with zero attached hydrogens (tertiary/aromatic N) is 1. The Labute approximate surface area is 123 Å². The van der Waals surface area contributed by atoms with Gasteiger partial charge in [-0.2, -0.15) is 0 Å². The highest BCUT2D eigenvalue weighted by Crippen LogP contribution is 2.32. The topological polar surface area (TPSA) is 46.2 Å². The number of rotatable bonds is 4. The predicted molar refractivity (Wildman–Crippen MR) is 80.5 cm³/mol. The Morgan fingerprint density at radius 2 is 2.11 bits per heavy atom. The van der Waals surface area contributed by atoms with Crippen LogP contribution in [0.25, 0.3) is 0 Å². The van der Waals surface area contributed by atoms with Crippen LogP contribution in [-0.2, 0) is 4.74 Å². The number of halogens is 2. The average Bonchev–Trinajstić information content (AvgIpc) is 2.36. The summed E-state index contributed by atoms with van der Waals surface area (Å²) in [7, 11) is 0. The largest absolute Gasteiger partial charge is 0.379 e. The van der Waals surface area contributed by atoms with Gasteiger partial charge >= 0.3 is 0 Å². The first-order valence-electron chi connectivity index (χ1n) is 6.50. The fourth-order valence-corrected chi connectivity index (χ4v) is 2.64. The first-order chi connectivity index (χ1) is 9.04. The lowest BCUT2D eigenvalue weighted by atomic mass is 9.95. The summed E-state index contributed by atoms with van der Waals surface area (Å²) < 4.78 is 5.52. The lowest BCUT2D eigenvalue weighted by Gasteiger charge is -2.35. The van der Waals surface area contributed by atoms with Crippen LogP contribution in [0.3, 0.4) is 0 Å². The molecule has 4 nitrogen and oxygen atoms in total. The monoisotopic (exact) mass is 303 g/mol. The lowest BCUT2D eigenvalue weighted by Crippen LogP contribution is -2.43. The van der Waals surface area contributed by atoms with Gasteiger partial charge in [0.2, 0.25) is 0 Å². The van der Waals surface area contributed by atoms with Gasteiger partial charge in [-0.3, -0.25) is 0 Å². The Morgan fingerprint density at radius 3 is 2.74 bits per heavy atom. The van der Waals surface area contributed by atoms with Crippen molar-refractivity contribution in [3.63, 3.8) is 0 Å². The van der Waals surface area contributed by atoms with E-state index in [1.165, 1.54) is 0 Å². The van der Waals surface area contributed by atoms with Crippen LogP contribution in [-0.4, -0.2) is 30.3 Å². The molecule has 1 aromatic heterocycles. The fraction of sp³-hybridized carbons (Fsp3) is 0.615. The second-order valence-corrected chi connectivity index (χ2v) is 5.84. The summed E-state index contributed by atoms with van der Waals surface area (Å²) in [5.41, 5.74) is -0.133. The molecule has 19 heavy (non-hydrogen) atoms. The van der Waals surface area contributed by atoms with Gasteiger partial charge in [-0.15, -0.1) is 0 Å². The maximum Gasteiger partial charge on any atom is 0.147 e. The first kappa shape index (κ1) is 14.7. The van der Waals surface area contributed by atoms with Crippen molar-refractivity contribution in [2.75, 3.05) is 30.4 Å². The lowest BCUT2D eigenvalue weighted by molar-refractivity contribution is 0.0539. The van der Waals surface area contributed by atoms with Gasteiger partial charge in [0.15, 0.2) is 0 Å². The Hall–Kier alpha value is -0.710. The van der Waals surface area contributed by atoms with Gasteiger partial charge in [0.25, 0.3) is 0 Å². The molecule has 1 atom stereocenters. The minimum Gasteiger partial charge on any atom is -0.379 e. The van der Waals surface area contributed by atoms with E-state index >= 15 is 0 Å². The highest BCUT2D eigenvalue weighted by Gasteiger charge is 2.28. The third-order valence-corrected chi connectivity index (χ3v) is 3.71. The summed E-state index contributed by atoms with van der Waals surface area (Å²) in [6, 6.07) is 1.71. The summed E-state index contributed by atoms with van der Waals surface area (Å²) in [5, 5.41) is 7.56. The molecule has 0 aliphatic carbocycles. The normalized spacial score (nSPS) is 23.2. The van der Waals surface area contributed by atoms with E-state index in [-0.39, 0.29) is 5.54 Å². The van der Waals surface area contributed by atoms with Crippen molar-refractivity contribution >= 4 is 34.8 Å². The third kappa shape index (κ3) is 3.65. The van der Waals surface area contributed by atoms with Crippen LogP contribution in [0.15, 0.2) is 6.07 Å². The molecule has 0 aromatic carbocycles. The van der Waals surface area contributed by atoms with Crippen LogP contribution < -0.4 is 10.6 Å². The van der Waals surface area contributed by atoms with Gasteiger partial charge in [-0.1, -0.05) is 23.2 Å². The van der Waals surface area contributed by atoms with Crippen LogP contribution in [0.4, 0.5) is 11.6 Å². The maximum atomic E-state index is 6.20. The Morgan fingerprint density at radius 1 is 1.37 bits per heavy atom. The molecule has 1 aliphatic rings. The van der Waals surface area contributed by atoms with Gasteiger partial charge in [0, 0.05) is 13.2 Å². The van der Waals surface area contributed by atoms with Gasteiger partial charge in [-0.05, 0) is 32.8 Å². The van der Waals surface area contributed by atoms with Crippen molar-refractivity contribution in [3.8, 4) is 0 Å². The van der Waals surface area contributed by atoms with Crippen molar-refractivity contribution in [3.05, 3.63) is 16.1 Å². The SMILES string of the molecule is CCNc1nc(NC2(C)CCCOC2)c(Cl)cc1Cl. The van der Waals surface area contributed by atoms with Gasteiger partial charge in [-0.25, -0.2) is 4.98 Å². The minimum absolute atomic E-state index is 0.133. The molecule has 1 unspecified atom stereocenters. The zero-order chi connectivity index (χ0) is 13.9. The van der Waals surface area contributed by atoms with E-state index in [1.807, 2.05) is 6.92 Å². The molecule has 0 saturated carbocycles. The number of hydrogen-bond donors (Lipinski definition) is 2. The Bertz CT molecular complexity index is 448.